The van der Waals surface area contributed by atoms with Gasteiger partial charge in [0.2, 0.25) is 0 Å². The second-order valence-corrected chi connectivity index (χ2v) is 5.01. The van der Waals surface area contributed by atoms with E-state index in [9.17, 15) is 4.79 Å². The number of nitrogens with one attached hydrogen (secondary N) is 1. The molecule has 0 radical (unpaired) electrons. The molecule has 0 atom stereocenters. The summed E-state index contributed by atoms with van der Waals surface area (Å²) in [6, 6.07) is 1.65. The van der Waals surface area contributed by atoms with Crippen molar-refractivity contribution in [1.29, 1.82) is 0 Å². The molecule has 0 spiro atoms. The Morgan fingerprint density at radius 1 is 1.44 bits per heavy atom. The van der Waals surface area contributed by atoms with Gasteiger partial charge in [-0.25, -0.2) is 0 Å². The fourth-order valence-electron chi connectivity index (χ4n) is 2.60. The first-order valence-corrected chi connectivity index (χ1v) is 6.75. The van der Waals surface area contributed by atoms with E-state index in [0.29, 0.717) is 11.3 Å². The van der Waals surface area contributed by atoms with E-state index in [-0.39, 0.29) is 5.91 Å². The predicted octanol–water partition coefficient (Wildman–Crippen LogP) is 2.36. The largest absolute Gasteiger partial charge is 0.397 e. The van der Waals surface area contributed by atoms with E-state index >= 15 is 0 Å². The summed E-state index contributed by atoms with van der Waals surface area (Å²) in [6.45, 7) is 0.733. The number of nitrogens with two attached hydrogens (primary N) is 1. The molecule has 4 nitrogen and oxygen atoms in total. The second kappa shape index (κ2) is 6.38. The van der Waals surface area contributed by atoms with Gasteiger partial charge in [-0.3, -0.25) is 9.78 Å². The third-order valence-electron chi connectivity index (χ3n) is 3.65. The number of hydrogen-bond acceptors (Lipinski definition) is 3. The summed E-state index contributed by atoms with van der Waals surface area (Å²) in [5.74, 6) is 0.786. The van der Waals surface area contributed by atoms with Gasteiger partial charge in [0.15, 0.2) is 0 Å². The molecule has 18 heavy (non-hydrogen) atoms. The molecule has 1 aliphatic rings. The van der Waals surface area contributed by atoms with E-state index in [1.807, 2.05) is 0 Å². The number of amides is 1. The van der Waals surface area contributed by atoms with Gasteiger partial charge in [-0.05, 0) is 24.8 Å². The number of rotatable bonds is 5. The molecule has 0 unspecified atom stereocenters. The summed E-state index contributed by atoms with van der Waals surface area (Å²) in [4.78, 5) is 15.7. The van der Waals surface area contributed by atoms with Crippen LogP contribution in [0.3, 0.4) is 0 Å². The van der Waals surface area contributed by atoms with Crippen molar-refractivity contribution in [3.63, 3.8) is 0 Å². The minimum absolute atomic E-state index is 0.0960. The van der Waals surface area contributed by atoms with Crippen molar-refractivity contribution >= 4 is 11.6 Å². The van der Waals surface area contributed by atoms with Crippen LogP contribution in [0.5, 0.6) is 0 Å². The van der Waals surface area contributed by atoms with Crippen LogP contribution in [0.15, 0.2) is 18.5 Å². The van der Waals surface area contributed by atoms with Gasteiger partial charge in [0.1, 0.15) is 0 Å². The van der Waals surface area contributed by atoms with Crippen LogP contribution in [0.1, 0.15) is 48.9 Å². The normalized spacial score (nSPS) is 15.8. The Balaban J connectivity index is 1.70. The minimum Gasteiger partial charge on any atom is -0.397 e. The Morgan fingerprint density at radius 2 is 2.22 bits per heavy atom. The van der Waals surface area contributed by atoms with Gasteiger partial charge in [0.05, 0.1) is 17.4 Å². The van der Waals surface area contributed by atoms with Gasteiger partial charge >= 0.3 is 0 Å². The highest BCUT2D eigenvalue weighted by molar-refractivity contribution is 5.98. The molecule has 3 N–H and O–H groups in total. The molecule has 0 aromatic carbocycles. The maximum atomic E-state index is 11.8. The zero-order valence-electron chi connectivity index (χ0n) is 10.7. The molecule has 2 rings (SSSR count). The molecule has 1 heterocycles. The predicted molar refractivity (Wildman–Crippen MR) is 72.2 cm³/mol. The topological polar surface area (TPSA) is 68.0 Å². The molecular formula is C14H21N3O. The lowest BCUT2D eigenvalue weighted by molar-refractivity contribution is 0.0953. The lowest BCUT2D eigenvalue weighted by atomic mass is 10.0. The summed E-state index contributed by atoms with van der Waals surface area (Å²) < 4.78 is 0. The van der Waals surface area contributed by atoms with Crippen LogP contribution in [-0.4, -0.2) is 17.4 Å². The molecule has 0 bridgehead atoms. The van der Waals surface area contributed by atoms with Gasteiger partial charge < -0.3 is 11.1 Å². The fraction of sp³-hybridized carbons (Fsp3) is 0.571. The number of nitrogen functional groups attached to an aromatic ring is 1. The molecule has 4 heteroatoms. The van der Waals surface area contributed by atoms with E-state index in [0.717, 1.165) is 18.9 Å². The first kappa shape index (κ1) is 12.9. The minimum atomic E-state index is -0.0960. The second-order valence-electron chi connectivity index (χ2n) is 5.01. The Hall–Kier alpha value is -1.58. The van der Waals surface area contributed by atoms with Crippen LogP contribution in [0.2, 0.25) is 0 Å². The van der Waals surface area contributed by atoms with Crippen molar-refractivity contribution in [3.05, 3.63) is 24.0 Å². The lowest BCUT2D eigenvalue weighted by Crippen LogP contribution is -2.25. The van der Waals surface area contributed by atoms with Crippen molar-refractivity contribution in [2.75, 3.05) is 12.3 Å². The molecule has 1 amide bonds. The number of pyridine rings is 1. The van der Waals surface area contributed by atoms with E-state index in [4.69, 9.17) is 5.73 Å². The molecule has 1 fully saturated rings. The fourth-order valence-corrected chi connectivity index (χ4v) is 2.60. The molecule has 1 saturated carbocycles. The highest BCUT2D eigenvalue weighted by Crippen LogP contribution is 2.28. The van der Waals surface area contributed by atoms with Gasteiger partial charge in [0, 0.05) is 12.7 Å². The highest BCUT2D eigenvalue weighted by Gasteiger charge is 2.14. The SMILES string of the molecule is Nc1cnccc1C(=O)NCCCC1CCCC1. The monoisotopic (exact) mass is 247 g/mol. The average Bonchev–Trinajstić information content (AvgIpc) is 2.88. The van der Waals surface area contributed by atoms with Crippen molar-refractivity contribution in [3.8, 4) is 0 Å². The number of nitrogens with zero attached hydrogens (tertiary/aromatic N) is 1. The van der Waals surface area contributed by atoms with Gasteiger partial charge in [-0.15, -0.1) is 0 Å². The molecule has 0 saturated heterocycles. The smallest absolute Gasteiger partial charge is 0.253 e. The molecule has 0 aliphatic heterocycles. The van der Waals surface area contributed by atoms with Crippen LogP contribution >= 0.6 is 0 Å². The van der Waals surface area contributed by atoms with Gasteiger partial charge in [-0.2, -0.15) is 0 Å². The summed E-state index contributed by atoms with van der Waals surface area (Å²) in [6.07, 6.45) is 10.9. The van der Waals surface area contributed by atoms with Crippen LogP contribution < -0.4 is 11.1 Å². The summed E-state index contributed by atoms with van der Waals surface area (Å²) >= 11 is 0. The van der Waals surface area contributed by atoms with E-state index < -0.39 is 0 Å². The third-order valence-corrected chi connectivity index (χ3v) is 3.65. The zero-order chi connectivity index (χ0) is 12.8. The Morgan fingerprint density at radius 3 is 2.94 bits per heavy atom. The van der Waals surface area contributed by atoms with Crippen LogP contribution in [0, 0.1) is 5.92 Å². The van der Waals surface area contributed by atoms with Crippen molar-refractivity contribution in [2.45, 2.75) is 38.5 Å². The van der Waals surface area contributed by atoms with Crippen molar-refractivity contribution < 1.29 is 4.79 Å². The van der Waals surface area contributed by atoms with Crippen molar-refractivity contribution in [1.82, 2.24) is 10.3 Å². The van der Waals surface area contributed by atoms with E-state index in [1.165, 1.54) is 38.3 Å². The third kappa shape index (κ3) is 3.45. The zero-order valence-corrected chi connectivity index (χ0v) is 10.7. The van der Waals surface area contributed by atoms with Crippen molar-refractivity contribution in [2.24, 2.45) is 5.92 Å². The first-order valence-electron chi connectivity index (χ1n) is 6.75. The quantitative estimate of drug-likeness (QED) is 0.785. The standard InChI is InChI=1S/C14H21N3O/c15-13-10-16-9-7-12(13)14(18)17-8-3-6-11-4-1-2-5-11/h7,9-11H,1-6,8,15H2,(H,17,18). The number of anilines is 1. The summed E-state index contributed by atoms with van der Waals surface area (Å²) in [7, 11) is 0. The van der Waals surface area contributed by atoms with Crippen LogP contribution in [0.4, 0.5) is 5.69 Å². The van der Waals surface area contributed by atoms with E-state index in [1.54, 1.807) is 12.3 Å². The van der Waals surface area contributed by atoms with Crippen LogP contribution in [0.25, 0.3) is 0 Å². The first-order chi connectivity index (χ1) is 8.77. The Bertz CT molecular complexity index is 400. The van der Waals surface area contributed by atoms with E-state index in [2.05, 4.69) is 10.3 Å². The summed E-state index contributed by atoms with van der Waals surface area (Å²) in [5.41, 5.74) is 6.66. The summed E-state index contributed by atoms with van der Waals surface area (Å²) in [5, 5.41) is 2.92. The maximum absolute atomic E-state index is 11.8. The van der Waals surface area contributed by atoms with Crippen LogP contribution in [-0.2, 0) is 0 Å². The number of aromatic nitrogens is 1. The van der Waals surface area contributed by atoms with Gasteiger partial charge in [0.25, 0.3) is 5.91 Å². The maximum Gasteiger partial charge on any atom is 0.253 e. The lowest BCUT2D eigenvalue weighted by Gasteiger charge is -2.10. The molecular weight excluding hydrogens is 226 g/mol. The molecule has 1 aromatic rings. The highest BCUT2D eigenvalue weighted by atomic mass is 16.1. The number of carbonyl (C=O) groups excluding carboxylic acids is 1. The Labute approximate surface area is 108 Å². The molecule has 1 aromatic heterocycles. The Kier molecular flexibility index (Phi) is 4.56. The molecule has 1 aliphatic carbocycles. The average molecular weight is 247 g/mol. The number of carbonyl (C=O) groups is 1. The van der Waals surface area contributed by atoms with Gasteiger partial charge in [-0.1, -0.05) is 25.7 Å². The molecule has 98 valence electrons. The number of hydrogen-bond donors (Lipinski definition) is 2.